The molecule has 4 nitrogen and oxygen atoms in total. The van der Waals surface area contributed by atoms with Crippen molar-refractivity contribution in [1.29, 1.82) is 0 Å². The Morgan fingerprint density at radius 1 is 1.08 bits per heavy atom. The monoisotopic (exact) mass is 483 g/mol. The Bertz CT molecular complexity index is 1140. The van der Waals surface area contributed by atoms with E-state index < -0.39 is 11.4 Å². The molecule has 1 aliphatic heterocycles. The van der Waals surface area contributed by atoms with Gasteiger partial charge in [-0.2, -0.15) is 0 Å². The molecular formula is C32H37NO3. The molecule has 2 atom stereocenters. The number of carboxylic acid groups (broad SMARTS) is 1. The fourth-order valence-electron chi connectivity index (χ4n) is 5.55. The number of aliphatic carboxylic acids is 1. The number of phenolic OH excluding ortho intramolecular Hbond substituents is 1. The van der Waals surface area contributed by atoms with E-state index >= 15 is 0 Å². The Labute approximate surface area is 215 Å². The maximum absolute atomic E-state index is 11.6. The molecule has 188 valence electrons. The molecule has 0 aromatic heterocycles. The quantitative estimate of drug-likeness (QED) is 0.214. The zero-order valence-electron chi connectivity index (χ0n) is 21.2. The highest BCUT2D eigenvalue weighted by Crippen LogP contribution is 2.46. The van der Waals surface area contributed by atoms with Crippen molar-refractivity contribution < 1.29 is 15.0 Å². The first-order chi connectivity index (χ1) is 17.4. The number of allylic oxidation sites excluding steroid dienone is 4. The van der Waals surface area contributed by atoms with Gasteiger partial charge < -0.3 is 15.1 Å². The summed E-state index contributed by atoms with van der Waals surface area (Å²) in [5.74, 6) is 2.92. The molecule has 0 amide bonds. The highest BCUT2D eigenvalue weighted by atomic mass is 16.4. The lowest BCUT2D eigenvalue weighted by Gasteiger charge is -2.32. The summed E-state index contributed by atoms with van der Waals surface area (Å²) in [5.41, 5.74) is 3.45. The smallest absolute Gasteiger partial charge is 0.303 e. The summed E-state index contributed by atoms with van der Waals surface area (Å²) in [6, 6.07) is 18.0. The normalized spacial score (nSPS) is 20.6. The molecule has 1 saturated carbocycles. The Morgan fingerprint density at radius 2 is 1.81 bits per heavy atom. The molecule has 2 aromatic rings. The van der Waals surface area contributed by atoms with E-state index in [1.165, 1.54) is 32.4 Å². The maximum Gasteiger partial charge on any atom is 0.303 e. The number of rotatable bonds is 11. The fraction of sp³-hybridized carbons (Fsp3) is 0.406. The van der Waals surface area contributed by atoms with Gasteiger partial charge in [0.2, 0.25) is 0 Å². The van der Waals surface area contributed by atoms with E-state index in [1.807, 2.05) is 42.5 Å². The lowest BCUT2D eigenvalue weighted by molar-refractivity contribution is -0.136. The molecule has 0 spiro atoms. The Kier molecular flexibility index (Phi) is 8.33. The van der Waals surface area contributed by atoms with E-state index in [2.05, 4.69) is 29.9 Å². The van der Waals surface area contributed by atoms with Gasteiger partial charge in [0.25, 0.3) is 0 Å². The van der Waals surface area contributed by atoms with E-state index in [0.717, 1.165) is 34.7 Å². The lowest BCUT2D eigenvalue weighted by atomic mass is 9.71. The third-order valence-electron chi connectivity index (χ3n) is 7.54. The van der Waals surface area contributed by atoms with Crippen LogP contribution in [0, 0.1) is 23.7 Å². The molecular weight excluding hydrogens is 446 g/mol. The Balaban J connectivity index is 1.74. The first kappa shape index (κ1) is 25.8. The van der Waals surface area contributed by atoms with E-state index in [0.29, 0.717) is 18.8 Å². The van der Waals surface area contributed by atoms with Crippen molar-refractivity contribution in [2.75, 3.05) is 13.1 Å². The number of hydrogen-bond acceptors (Lipinski definition) is 3. The minimum Gasteiger partial charge on any atom is -0.508 e. The van der Waals surface area contributed by atoms with Gasteiger partial charge in [-0.25, -0.2) is 0 Å². The van der Waals surface area contributed by atoms with E-state index in [-0.39, 0.29) is 12.2 Å². The maximum atomic E-state index is 11.6. The van der Waals surface area contributed by atoms with Crippen molar-refractivity contribution in [3.63, 3.8) is 0 Å². The average Bonchev–Trinajstić information content (AvgIpc) is 3.61. The van der Waals surface area contributed by atoms with Crippen LogP contribution in [-0.2, 0) is 4.79 Å². The standard InChI is InChI=1S/C32H37NO3/c1-3-20-32(2,21-7-8-24-19-22-33(23-24)27-13-14-27)31(26-11-15-28(34)16-12-26)29(17-18-30(35)36)25-9-5-4-6-10-25/h1,4-7,9-12,15-16,21,24,27,34H,8,13-14,17-20,22-23H2,2H3,(H,35,36)/b21-7-,31-29-. The summed E-state index contributed by atoms with van der Waals surface area (Å²) in [5, 5.41) is 19.5. The zero-order valence-corrected chi connectivity index (χ0v) is 21.2. The number of carboxylic acids is 1. The number of terminal acetylenes is 1. The minimum absolute atomic E-state index is 0.0285. The molecule has 0 radical (unpaired) electrons. The summed E-state index contributed by atoms with van der Waals surface area (Å²) < 4.78 is 0. The molecule has 2 unspecified atom stereocenters. The van der Waals surface area contributed by atoms with E-state index in [9.17, 15) is 15.0 Å². The largest absolute Gasteiger partial charge is 0.508 e. The predicted molar refractivity (Wildman–Crippen MR) is 146 cm³/mol. The Hall–Kier alpha value is -3.29. The van der Waals surface area contributed by atoms with Gasteiger partial charge in [0, 0.05) is 30.8 Å². The number of aromatic hydroxyl groups is 1. The van der Waals surface area contributed by atoms with Crippen molar-refractivity contribution in [3.05, 3.63) is 77.9 Å². The topological polar surface area (TPSA) is 60.8 Å². The molecule has 1 saturated heterocycles. The number of likely N-dealkylation sites (tertiary alicyclic amines) is 1. The highest BCUT2D eigenvalue weighted by molar-refractivity contribution is 5.95. The average molecular weight is 484 g/mol. The Morgan fingerprint density at radius 3 is 2.44 bits per heavy atom. The van der Waals surface area contributed by atoms with Crippen LogP contribution in [0.2, 0.25) is 0 Å². The van der Waals surface area contributed by atoms with Crippen LogP contribution in [0.4, 0.5) is 0 Å². The summed E-state index contributed by atoms with van der Waals surface area (Å²) in [7, 11) is 0. The number of nitrogens with zero attached hydrogens (tertiary/aromatic N) is 1. The summed E-state index contributed by atoms with van der Waals surface area (Å²) in [4.78, 5) is 14.2. The third-order valence-corrected chi connectivity index (χ3v) is 7.54. The van der Waals surface area contributed by atoms with Gasteiger partial charge in [0.1, 0.15) is 5.75 Å². The highest BCUT2D eigenvalue weighted by Gasteiger charge is 2.34. The second-order valence-corrected chi connectivity index (χ2v) is 10.5. The van der Waals surface area contributed by atoms with Gasteiger partial charge in [0.05, 0.1) is 0 Å². The molecule has 36 heavy (non-hydrogen) atoms. The van der Waals surface area contributed by atoms with E-state index in [4.69, 9.17) is 6.42 Å². The molecule has 0 bridgehead atoms. The van der Waals surface area contributed by atoms with Gasteiger partial charge in [-0.05, 0) is 79.0 Å². The van der Waals surface area contributed by atoms with Crippen LogP contribution in [0.1, 0.15) is 63.0 Å². The molecule has 2 aromatic carbocycles. The van der Waals surface area contributed by atoms with Crippen LogP contribution < -0.4 is 0 Å². The van der Waals surface area contributed by atoms with Gasteiger partial charge in [-0.3, -0.25) is 4.79 Å². The van der Waals surface area contributed by atoms with Crippen LogP contribution in [0.3, 0.4) is 0 Å². The van der Waals surface area contributed by atoms with Crippen LogP contribution >= 0.6 is 0 Å². The van der Waals surface area contributed by atoms with Crippen molar-refractivity contribution in [2.24, 2.45) is 11.3 Å². The molecule has 1 aliphatic carbocycles. The summed E-state index contributed by atoms with van der Waals surface area (Å²) in [6.07, 6.45) is 16.3. The van der Waals surface area contributed by atoms with Gasteiger partial charge in [0.15, 0.2) is 0 Å². The number of benzene rings is 2. The second kappa shape index (κ2) is 11.6. The molecule has 1 heterocycles. The number of hydrogen-bond donors (Lipinski definition) is 2. The summed E-state index contributed by atoms with van der Waals surface area (Å²) >= 11 is 0. The number of carbonyl (C=O) groups is 1. The zero-order chi connectivity index (χ0) is 25.5. The molecule has 4 rings (SSSR count). The molecule has 4 heteroatoms. The minimum atomic E-state index is -0.830. The van der Waals surface area contributed by atoms with Crippen molar-refractivity contribution in [1.82, 2.24) is 4.90 Å². The molecule has 2 fully saturated rings. The van der Waals surface area contributed by atoms with Crippen molar-refractivity contribution >= 4 is 17.1 Å². The molecule has 2 N–H and O–H groups in total. The van der Waals surface area contributed by atoms with Crippen molar-refractivity contribution in [3.8, 4) is 18.1 Å². The van der Waals surface area contributed by atoms with Crippen LogP contribution in [-0.4, -0.2) is 40.2 Å². The van der Waals surface area contributed by atoms with Gasteiger partial charge >= 0.3 is 5.97 Å². The first-order valence-electron chi connectivity index (χ1n) is 13.0. The predicted octanol–water partition coefficient (Wildman–Crippen LogP) is 6.63. The van der Waals surface area contributed by atoms with Crippen LogP contribution in [0.5, 0.6) is 5.75 Å². The van der Waals surface area contributed by atoms with E-state index in [1.54, 1.807) is 12.1 Å². The number of phenols is 1. The third kappa shape index (κ3) is 6.47. The van der Waals surface area contributed by atoms with Gasteiger partial charge in [-0.15, -0.1) is 12.3 Å². The van der Waals surface area contributed by atoms with Crippen LogP contribution in [0.15, 0.2) is 66.7 Å². The lowest BCUT2D eigenvalue weighted by Crippen LogP contribution is -2.22. The van der Waals surface area contributed by atoms with Crippen molar-refractivity contribution in [2.45, 2.75) is 57.9 Å². The second-order valence-electron chi connectivity index (χ2n) is 10.5. The fourth-order valence-corrected chi connectivity index (χ4v) is 5.55. The van der Waals surface area contributed by atoms with Crippen LogP contribution in [0.25, 0.3) is 11.1 Å². The van der Waals surface area contributed by atoms with Gasteiger partial charge in [-0.1, -0.05) is 61.5 Å². The first-order valence-corrected chi connectivity index (χ1v) is 13.0. The summed E-state index contributed by atoms with van der Waals surface area (Å²) in [6.45, 7) is 4.53. The molecule has 2 aliphatic rings. The SMILES string of the molecule is C#CCC(C)(/C=C\CC1CCN(C2CC2)C1)/C(=C(/CCC(=O)O)c1ccccc1)c1ccc(O)cc1.